The maximum atomic E-state index is 13.6. The van der Waals surface area contributed by atoms with Crippen LogP contribution in [0.1, 0.15) is 118 Å². The Hall–Kier alpha value is -1.87. The number of benzene rings is 2. The van der Waals surface area contributed by atoms with Crippen LogP contribution in [0.2, 0.25) is 0 Å². The van der Waals surface area contributed by atoms with Gasteiger partial charge in [-0.1, -0.05) is 120 Å². The Bertz CT molecular complexity index is 999. The highest BCUT2D eigenvalue weighted by Crippen LogP contribution is 2.33. The van der Waals surface area contributed by atoms with E-state index in [2.05, 4.69) is 6.92 Å². The lowest BCUT2D eigenvalue weighted by Crippen LogP contribution is -2.38. The molecule has 0 unspecified atom stereocenters. The Balaban J connectivity index is 2.00. The quantitative estimate of drug-likeness (QED) is 0.175. The van der Waals surface area contributed by atoms with Gasteiger partial charge in [0.2, 0.25) is 0 Å². The molecule has 0 bridgehead atoms. The number of fused-ring (bicyclic) bond motifs is 1. The summed E-state index contributed by atoms with van der Waals surface area (Å²) in [5, 5.41) is 1.08. The topological polar surface area (TPSA) is 35.5 Å². The number of methoxy groups -OCH3 is 1. The van der Waals surface area contributed by atoms with Gasteiger partial charge < -0.3 is 9.47 Å². The van der Waals surface area contributed by atoms with Gasteiger partial charge in [0.05, 0.1) is 10.2 Å². The Morgan fingerprint density at radius 3 is 2.12 bits per heavy atom. The highest BCUT2D eigenvalue weighted by molar-refractivity contribution is 5.92. The lowest BCUT2D eigenvalue weighted by atomic mass is 9.90. The average Bonchev–Trinajstić information content (AvgIpc) is 2.86. The van der Waals surface area contributed by atoms with Gasteiger partial charge in [0.1, 0.15) is 0 Å². The summed E-state index contributed by atoms with van der Waals surface area (Å²) in [6, 6.07) is 11.7. The van der Waals surface area contributed by atoms with Crippen LogP contribution in [0.15, 0.2) is 42.5 Å². The standard InChI is InChI=1S/C30H46O3/c1-5-6-7-8-9-10-11-12-13-14-15-16-20-25(2)33-29(31)30(3,32-4)28-24-19-22-26-21-17-18-23-27(26)28/h17-19,21-25H,5-16,20H2,1-4H3/t25-,30-/m1/s1/i3D3,4D3. The largest absolute Gasteiger partial charge is 0.460 e. The minimum absolute atomic E-state index is 0.0423. The van der Waals surface area contributed by atoms with Crippen molar-refractivity contribution in [3.63, 3.8) is 0 Å². The smallest absolute Gasteiger partial charge is 0.343 e. The van der Waals surface area contributed by atoms with Crippen LogP contribution >= 0.6 is 0 Å². The van der Waals surface area contributed by atoms with Gasteiger partial charge in [0, 0.05) is 16.7 Å². The van der Waals surface area contributed by atoms with Crippen molar-refractivity contribution in [1.29, 1.82) is 0 Å². The zero-order valence-electron chi connectivity index (χ0n) is 26.5. The SMILES string of the molecule is [2H]C([2H])([2H])O[C@@](C(=O)O[C@H](C)CCCCCCCCCCCCCC)(c1cccc2ccccc12)C([2H])([2H])[2H]. The zero-order chi connectivity index (χ0) is 28.9. The van der Waals surface area contributed by atoms with Gasteiger partial charge in [-0.2, -0.15) is 0 Å². The van der Waals surface area contributed by atoms with Crippen LogP contribution in [-0.2, 0) is 19.9 Å². The Labute approximate surface area is 210 Å². The number of carbonyl (C=O) groups is 1. The molecule has 0 fully saturated rings. The van der Waals surface area contributed by atoms with E-state index in [1.807, 2.05) is 0 Å². The fourth-order valence-corrected chi connectivity index (χ4v) is 4.34. The summed E-state index contributed by atoms with van der Waals surface area (Å²) in [6.07, 6.45) is 14.5. The van der Waals surface area contributed by atoms with Crippen LogP contribution in [0, 0.1) is 0 Å². The first-order chi connectivity index (χ1) is 18.4. The summed E-state index contributed by atoms with van der Waals surface area (Å²) in [4.78, 5) is 13.6. The molecule has 2 aromatic carbocycles. The lowest BCUT2D eigenvalue weighted by Gasteiger charge is -2.29. The highest BCUT2D eigenvalue weighted by atomic mass is 16.6. The first-order valence-electron chi connectivity index (χ1n) is 15.8. The molecular weight excluding hydrogens is 408 g/mol. The third kappa shape index (κ3) is 8.77. The van der Waals surface area contributed by atoms with Crippen molar-refractivity contribution in [3.05, 3.63) is 48.0 Å². The Morgan fingerprint density at radius 1 is 0.879 bits per heavy atom. The van der Waals surface area contributed by atoms with Gasteiger partial charge in [0.25, 0.3) is 0 Å². The van der Waals surface area contributed by atoms with E-state index >= 15 is 0 Å². The molecule has 0 saturated heterocycles. The number of esters is 1. The van der Waals surface area contributed by atoms with Crippen molar-refractivity contribution in [3.8, 4) is 0 Å². The van der Waals surface area contributed by atoms with E-state index < -0.39 is 31.6 Å². The van der Waals surface area contributed by atoms with Gasteiger partial charge in [-0.3, -0.25) is 0 Å². The first kappa shape index (κ1) is 19.4. The number of hydrogen-bond acceptors (Lipinski definition) is 3. The minimum Gasteiger partial charge on any atom is -0.460 e. The summed E-state index contributed by atoms with van der Waals surface area (Å²) in [6.45, 7) is 0.799. The number of hydrogen-bond donors (Lipinski definition) is 0. The molecule has 3 nitrogen and oxygen atoms in total. The number of carbonyl (C=O) groups excluding carboxylic acids is 1. The van der Waals surface area contributed by atoms with Crippen molar-refractivity contribution in [2.45, 2.75) is 116 Å². The zero-order valence-corrected chi connectivity index (χ0v) is 20.5. The molecule has 0 spiro atoms. The summed E-state index contributed by atoms with van der Waals surface area (Å²) in [5.74, 6) is -1.21. The monoisotopic (exact) mass is 460 g/mol. The summed E-state index contributed by atoms with van der Waals surface area (Å²) in [7, 11) is -3.15. The fraction of sp³-hybridized carbons (Fsp3) is 0.633. The van der Waals surface area contributed by atoms with Crippen molar-refractivity contribution >= 4 is 16.7 Å². The van der Waals surface area contributed by atoms with Crippen molar-refractivity contribution < 1.29 is 22.5 Å². The molecule has 0 radical (unpaired) electrons. The van der Waals surface area contributed by atoms with Crippen LogP contribution in [0.25, 0.3) is 10.8 Å². The van der Waals surface area contributed by atoms with Crippen molar-refractivity contribution in [2.75, 3.05) is 7.04 Å². The van der Waals surface area contributed by atoms with Gasteiger partial charge in [0.15, 0.2) is 5.60 Å². The second-order valence-corrected chi connectivity index (χ2v) is 9.20. The molecule has 0 N–H and O–H groups in total. The summed E-state index contributed by atoms with van der Waals surface area (Å²) in [5.41, 5.74) is -2.84. The van der Waals surface area contributed by atoms with Gasteiger partial charge >= 0.3 is 5.97 Å². The fourth-order valence-electron chi connectivity index (χ4n) is 4.34. The normalized spacial score (nSPS) is 17.6. The predicted octanol–water partition coefficient (Wildman–Crippen LogP) is 8.72. The summed E-state index contributed by atoms with van der Waals surface area (Å²) < 4.78 is 58.8. The van der Waals surface area contributed by atoms with Gasteiger partial charge in [-0.25, -0.2) is 4.79 Å². The molecule has 0 aliphatic heterocycles. The predicted molar refractivity (Wildman–Crippen MR) is 140 cm³/mol. The molecule has 33 heavy (non-hydrogen) atoms. The van der Waals surface area contributed by atoms with Crippen LogP contribution in [0.5, 0.6) is 0 Å². The second-order valence-electron chi connectivity index (χ2n) is 9.20. The summed E-state index contributed by atoms with van der Waals surface area (Å²) >= 11 is 0. The van der Waals surface area contributed by atoms with Crippen LogP contribution in [-0.4, -0.2) is 19.1 Å². The van der Waals surface area contributed by atoms with E-state index in [-0.39, 0.29) is 5.56 Å². The molecule has 0 aliphatic carbocycles. The average molecular weight is 461 g/mol. The van der Waals surface area contributed by atoms with E-state index in [9.17, 15) is 4.79 Å². The van der Waals surface area contributed by atoms with Crippen LogP contribution < -0.4 is 0 Å². The van der Waals surface area contributed by atoms with Gasteiger partial charge in [-0.15, -0.1) is 0 Å². The molecular formula is C30H46O3. The minimum atomic E-state index is -3.15. The molecule has 0 aliphatic rings. The van der Waals surface area contributed by atoms with Crippen LogP contribution in [0.4, 0.5) is 0 Å². The molecule has 3 heteroatoms. The van der Waals surface area contributed by atoms with E-state index in [0.717, 1.165) is 19.3 Å². The number of ether oxygens (including phenoxy) is 2. The third-order valence-electron chi connectivity index (χ3n) is 6.38. The molecule has 2 aromatic rings. The number of unbranched alkanes of at least 4 members (excludes halogenated alkanes) is 11. The Kier molecular flexibility index (Phi) is 8.90. The van der Waals surface area contributed by atoms with E-state index in [4.69, 9.17) is 17.7 Å². The Morgan fingerprint density at radius 2 is 1.48 bits per heavy atom. The highest BCUT2D eigenvalue weighted by Gasteiger charge is 2.39. The molecule has 0 amide bonds. The van der Waals surface area contributed by atoms with Crippen molar-refractivity contribution in [2.24, 2.45) is 0 Å². The molecule has 184 valence electrons. The molecule has 2 atom stereocenters. The van der Waals surface area contributed by atoms with E-state index in [1.165, 1.54) is 63.9 Å². The van der Waals surface area contributed by atoms with E-state index in [0.29, 0.717) is 17.2 Å². The molecule has 0 aromatic heterocycles. The lowest BCUT2D eigenvalue weighted by molar-refractivity contribution is -0.173. The third-order valence-corrected chi connectivity index (χ3v) is 6.38. The van der Waals surface area contributed by atoms with Crippen molar-refractivity contribution in [1.82, 2.24) is 0 Å². The van der Waals surface area contributed by atoms with Gasteiger partial charge in [-0.05, 0) is 37.4 Å². The maximum Gasteiger partial charge on any atom is 0.343 e. The number of rotatable bonds is 17. The first-order valence-corrected chi connectivity index (χ1v) is 12.8. The van der Waals surface area contributed by atoms with E-state index in [1.54, 1.807) is 43.3 Å². The molecule has 0 heterocycles. The molecule has 0 saturated carbocycles. The van der Waals surface area contributed by atoms with Crippen LogP contribution in [0.3, 0.4) is 0 Å². The second kappa shape index (κ2) is 15.1. The maximum absolute atomic E-state index is 13.6. The molecule has 2 rings (SSSR count).